The van der Waals surface area contributed by atoms with Crippen LogP contribution in [0.1, 0.15) is 19.3 Å². The molecule has 4 heteroatoms. The van der Waals surface area contributed by atoms with Gasteiger partial charge < -0.3 is 15.3 Å². The van der Waals surface area contributed by atoms with Gasteiger partial charge in [0.15, 0.2) is 5.60 Å². The van der Waals surface area contributed by atoms with E-state index in [4.69, 9.17) is 0 Å². The number of amides is 1. The fraction of sp³-hybridized carbons (Fsp3) is 0.889. The number of rotatable bonds is 1. The van der Waals surface area contributed by atoms with E-state index in [-0.39, 0.29) is 5.91 Å². The molecule has 0 saturated carbocycles. The summed E-state index contributed by atoms with van der Waals surface area (Å²) in [6, 6.07) is 0. The molecular formula is C9H16N2O2. The van der Waals surface area contributed by atoms with Crippen LogP contribution in [0.2, 0.25) is 0 Å². The first-order chi connectivity index (χ1) is 6.22. The minimum absolute atomic E-state index is 0.0741. The summed E-state index contributed by atoms with van der Waals surface area (Å²) < 4.78 is 0. The number of carbonyl (C=O) groups is 1. The highest BCUT2D eigenvalue weighted by Gasteiger charge is 2.42. The minimum atomic E-state index is -1.11. The Morgan fingerprint density at radius 2 is 2.08 bits per heavy atom. The first kappa shape index (κ1) is 8.97. The molecule has 2 heterocycles. The van der Waals surface area contributed by atoms with Crippen molar-refractivity contribution in [3.05, 3.63) is 0 Å². The predicted octanol–water partition coefficient (Wildman–Crippen LogP) is -0.667. The molecule has 2 saturated heterocycles. The molecule has 0 aliphatic carbocycles. The van der Waals surface area contributed by atoms with Crippen molar-refractivity contribution in [2.75, 3.05) is 26.2 Å². The average Bonchev–Trinajstić information content (AvgIpc) is 2.73. The van der Waals surface area contributed by atoms with Gasteiger partial charge in [0, 0.05) is 19.6 Å². The Kier molecular flexibility index (Phi) is 2.26. The van der Waals surface area contributed by atoms with E-state index in [1.807, 2.05) is 0 Å². The third kappa shape index (κ3) is 1.56. The molecule has 0 radical (unpaired) electrons. The molecule has 0 aromatic carbocycles. The van der Waals surface area contributed by atoms with E-state index in [1.54, 1.807) is 4.90 Å². The zero-order valence-electron chi connectivity index (χ0n) is 7.75. The molecule has 13 heavy (non-hydrogen) atoms. The molecule has 4 nitrogen and oxygen atoms in total. The summed E-state index contributed by atoms with van der Waals surface area (Å²) >= 11 is 0. The monoisotopic (exact) mass is 184 g/mol. The van der Waals surface area contributed by atoms with E-state index in [1.165, 1.54) is 0 Å². The number of hydrogen-bond donors (Lipinski definition) is 2. The van der Waals surface area contributed by atoms with Crippen LogP contribution in [0, 0.1) is 0 Å². The van der Waals surface area contributed by atoms with Crippen molar-refractivity contribution in [2.45, 2.75) is 24.9 Å². The van der Waals surface area contributed by atoms with Gasteiger partial charge in [0.1, 0.15) is 0 Å². The molecule has 0 bridgehead atoms. The van der Waals surface area contributed by atoms with Crippen molar-refractivity contribution in [3.8, 4) is 0 Å². The van der Waals surface area contributed by atoms with Crippen molar-refractivity contribution < 1.29 is 9.90 Å². The lowest BCUT2D eigenvalue weighted by Gasteiger charge is -2.26. The van der Waals surface area contributed by atoms with E-state index < -0.39 is 5.60 Å². The lowest BCUT2D eigenvalue weighted by molar-refractivity contribution is -0.148. The SMILES string of the molecule is O=C(N1CCCC1)C1(O)CCNC1. The molecule has 2 rings (SSSR count). The van der Waals surface area contributed by atoms with Gasteiger partial charge in [0.25, 0.3) is 5.91 Å². The number of aliphatic hydroxyl groups is 1. The van der Waals surface area contributed by atoms with E-state index in [9.17, 15) is 9.90 Å². The summed E-state index contributed by atoms with van der Waals surface area (Å²) in [5.74, 6) is -0.0741. The third-order valence-corrected chi connectivity index (χ3v) is 2.92. The predicted molar refractivity (Wildman–Crippen MR) is 48.3 cm³/mol. The molecule has 2 aliphatic heterocycles. The van der Waals surface area contributed by atoms with E-state index in [0.29, 0.717) is 13.0 Å². The van der Waals surface area contributed by atoms with Crippen LogP contribution in [0.5, 0.6) is 0 Å². The number of carbonyl (C=O) groups excluding carboxylic acids is 1. The van der Waals surface area contributed by atoms with Crippen molar-refractivity contribution in [1.29, 1.82) is 0 Å². The van der Waals surface area contributed by atoms with Crippen LogP contribution in [0.25, 0.3) is 0 Å². The van der Waals surface area contributed by atoms with Gasteiger partial charge in [-0.15, -0.1) is 0 Å². The topological polar surface area (TPSA) is 52.6 Å². The molecule has 0 aromatic heterocycles. The Hall–Kier alpha value is -0.610. The largest absolute Gasteiger partial charge is 0.379 e. The molecule has 1 amide bonds. The molecule has 2 N–H and O–H groups in total. The number of hydrogen-bond acceptors (Lipinski definition) is 3. The van der Waals surface area contributed by atoms with E-state index >= 15 is 0 Å². The van der Waals surface area contributed by atoms with Crippen LogP contribution >= 0.6 is 0 Å². The second-order valence-electron chi connectivity index (χ2n) is 3.96. The summed E-state index contributed by atoms with van der Waals surface area (Å²) in [6.07, 6.45) is 2.72. The standard InChI is InChI=1S/C9H16N2O2/c12-8(11-5-1-2-6-11)9(13)3-4-10-7-9/h10,13H,1-7H2. The van der Waals surface area contributed by atoms with Gasteiger partial charge in [-0.2, -0.15) is 0 Å². The lowest BCUT2D eigenvalue weighted by Crippen LogP contribution is -2.49. The van der Waals surface area contributed by atoms with E-state index in [0.717, 1.165) is 32.5 Å². The Morgan fingerprint density at radius 3 is 2.62 bits per heavy atom. The highest BCUT2D eigenvalue weighted by Crippen LogP contribution is 2.20. The van der Waals surface area contributed by atoms with Crippen LogP contribution < -0.4 is 5.32 Å². The highest BCUT2D eigenvalue weighted by atomic mass is 16.3. The highest BCUT2D eigenvalue weighted by molar-refractivity contribution is 5.85. The van der Waals surface area contributed by atoms with Crippen molar-refractivity contribution in [2.24, 2.45) is 0 Å². The second kappa shape index (κ2) is 3.27. The maximum atomic E-state index is 11.8. The summed E-state index contributed by atoms with van der Waals surface area (Å²) in [6.45, 7) is 2.81. The molecule has 2 fully saturated rings. The Balaban J connectivity index is 2.02. The maximum Gasteiger partial charge on any atom is 0.255 e. The van der Waals surface area contributed by atoms with Crippen molar-refractivity contribution in [3.63, 3.8) is 0 Å². The van der Waals surface area contributed by atoms with Gasteiger partial charge in [-0.1, -0.05) is 0 Å². The van der Waals surface area contributed by atoms with Gasteiger partial charge in [0.2, 0.25) is 0 Å². The smallest absolute Gasteiger partial charge is 0.255 e. The Bertz CT molecular complexity index is 206. The maximum absolute atomic E-state index is 11.8. The number of likely N-dealkylation sites (tertiary alicyclic amines) is 1. The summed E-state index contributed by atoms with van der Waals surface area (Å²) in [4.78, 5) is 13.6. The van der Waals surface area contributed by atoms with Crippen molar-refractivity contribution >= 4 is 5.91 Å². The first-order valence-corrected chi connectivity index (χ1v) is 4.95. The van der Waals surface area contributed by atoms with Crippen LogP contribution in [0.3, 0.4) is 0 Å². The number of nitrogens with zero attached hydrogens (tertiary/aromatic N) is 1. The van der Waals surface area contributed by atoms with Gasteiger partial charge in [-0.25, -0.2) is 0 Å². The van der Waals surface area contributed by atoms with Gasteiger partial charge in [0.05, 0.1) is 0 Å². The number of nitrogens with one attached hydrogen (secondary N) is 1. The third-order valence-electron chi connectivity index (χ3n) is 2.92. The zero-order valence-corrected chi connectivity index (χ0v) is 7.75. The van der Waals surface area contributed by atoms with Crippen LogP contribution in [0.15, 0.2) is 0 Å². The molecule has 0 spiro atoms. The Morgan fingerprint density at radius 1 is 1.38 bits per heavy atom. The quantitative estimate of drug-likeness (QED) is 0.568. The molecule has 0 aromatic rings. The first-order valence-electron chi connectivity index (χ1n) is 4.95. The van der Waals surface area contributed by atoms with Gasteiger partial charge in [-0.3, -0.25) is 4.79 Å². The van der Waals surface area contributed by atoms with Gasteiger partial charge in [-0.05, 0) is 25.8 Å². The fourth-order valence-corrected chi connectivity index (χ4v) is 2.08. The van der Waals surface area contributed by atoms with Crippen LogP contribution in [-0.2, 0) is 4.79 Å². The van der Waals surface area contributed by atoms with Crippen molar-refractivity contribution in [1.82, 2.24) is 10.2 Å². The molecular weight excluding hydrogens is 168 g/mol. The minimum Gasteiger partial charge on any atom is -0.379 e. The second-order valence-corrected chi connectivity index (χ2v) is 3.96. The fourth-order valence-electron chi connectivity index (χ4n) is 2.08. The van der Waals surface area contributed by atoms with Gasteiger partial charge >= 0.3 is 0 Å². The number of β-amino-alcohol motifs (C(OH)–C–C–N with tert-alkyl or cyclic N) is 1. The molecule has 2 aliphatic rings. The summed E-state index contributed by atoms with van der Waals surface area (Å²) in [5.41, 5.74) is -1.11. The molecule has 1 unspecified atom stereocenters. The molecule has 1 atom stereocenters. The average molecular weight is 184 g/mol. The van der Waals surface area contributed by atoms with Crippen LogP contribution in [-0.4, -0.2) is 47.7 Å². The summed E-state index contributed by atoms with van der Waals surface area (Å²) in [5, 5.41) is 13.0. The molecule has 74 valence electrons. The normalized spacial score (nSPS) is 34.1. The summed E-state index contributed by atoms with van der Waals surface area (Å²) in [7, 11) is 0. The van der Waals surface area contributed by atoms with E-state index in [2.05, 4.69) is 5.32 Å². The zero-order chi connectivity index (χ0) is 9.31. The lowest BCUT2D eigenvalue weighted by atomic mass is 10.0. The van der Waals surface area contributed by atoms with Crippen LogP contribution in [0.4, 0.5) is 0 Å². The Labute approximate surface area is 77.9 Å².